The Bertz CT molecular complexity index is 868. The Kier molecular flexibility index (Phi) is 6.32. The zero-order valence-corrected chi connectivity index (χ0v) is 16.6. The Hall–Kier alpha value is -2.88. The first-order valence-electron chi connectivity index (χ1n) is 9.95. The maximum Gasteiger partial charge on any atom is 0.269 e. The van der Waals surface area contributed by atoms with Crippen LogP contribution in [0.5, 0.6) is 17.2 Å². The van der Waals surface area contributed by atoms with Gasteiger partial charge in [0.2, 0.25) is 6.79 Å². The summed E-state index contributed by atoms with van der Waals surface area (Å²) >= 11 is 0. The number of fused-ring (bicyclic) bond motifs is 1. The van der Waals surface area contributed by atoms with Crippen LogP contribution in [0.4, 0.5) is 5.69 Å². The van der Waals surface area contributed by atoms with E-state index < -0.39 is 11.0 Å². The van der Waals surface area contributed by atoms with Crippen molar-refractivity contribution in [2.45, 2.75) is 12.6 Å². The van der Waals surface area contributed by atoms with Crippen molar-refractivity contribution >= 4 is 5.69 Å². The number of rotatable bonds is 8. The number of benzene rings is 2. The second-order valence-electron chi connectivity index (χ2n) is 7.48. The van der Waals surface area contributed by atoms with Crippen LogP contribution in [0.3, 0.4) is 0 Å². The van der Waals surface area contributed by atoms with Gasteiger partial charge in [0.05, 0.1) is 4.92 Å². The van der Waals surface area contributed by atoms with E-state index in [0.29, 0.717) is 12.3 Å². The average molecular weight is 415 g/mol. The predicted molar refractivity (Wildman–Crippen MR) is 109 cm³/mol. The monoisotopic (exact) mass is 415 g/mol. The lowest BCUT2D eigenvalue weighted by atomic mass is 10.1. The van der Waals surface area contributed by atoms with Crippen molar-refractivity contribution in [3.63, 3.8) is 0 Å². The number of nitro groups is 1. The highest BCUT2D eigenvalue weighted by molar-refractivity contribution is 5.44. The van der Waals surface area contributed by atoms with Crippen molar-refractivity contribution in [3.05, 3.63) is 58.1 Å². The molecule has 9 heteroatoms. The van der Waals surface area contributed by atoms with E-state index in [2.05, 4.69) is 15.9 Å². The average Bonchev–Trinajstić information content (AvgIpc) is 3.22. The van der Waals surface area contributed by atoms with Crippen molar-refractivity contribution in [2.75, 3.05) is 46.1 Å². The molecule has 4 rings (SSSR count). The first-order valence-corrected chi connectivity index (χ1v) is 9.95. The van der Waals surface area contributed by atoms with Gasteiger partial charge < -0.3 is 19.3 Å². The van der Waals surface area contributed by atoms with Gasteiger partial charge in [0, 0.05) is 51.4 Å². The summed E-state index contributed by atoms with van der Waals surface area (Å²) in [5.41, 5.74) is 1.21. The van der Waals surface area contributed by atoms with Gasteiger partial charge in [0.1, 0.15) is 18.5 Å². The van der Waals surface area contributed by atoms with Gasteiger partial charge in [-0.25, -0.2) is 0 Å². The summed E-state index contributed by atoms with van der Waals surface area (Å²) in [6.07, 6.45) is -0.624. The number of aliphatic hydroxyl groups excluding tert-OH is 1. The molecule has 1 N–H and O–H groups in total. The van der Waals surface area contributed by atoms with Crippen molar-refractivity contribution in [2.24, 2.45) is 0 Å². The molecule has 2 aromatic carbocycles. The van der Waals surface area contributed by atoms with Gasteiger partial charge in [-0.2, -0.15) is 0 Å². The topological polar surface area (TPSA) is 97.5 Å². The highest BCUT2D eigenvalue weighted by Gasteiger charge is 2.21. The number of nitro benzene ring substituents is 1. The lowest BCUT2D eigenvalue weighted by molar-refractivity contribution is -0.384. The predicted octanol–water partition coefficient (Wildman–Crippen LogP) is 1.88. The summed E-state index contributed by atoms with van der Waals surface area (Å²) in [4.78, 5) is 14.8. The number of piperazine rings is 1. The minimum atomic E-state index is -0.624. The molecule has 1 fully saturated rings. The largest absolute Gasteiger partial charge is 0.491 e. The number of aliphatic hydroxyl groups is 1. The van der Waals surface area contributed by atoms with Crippen LogP contribution in [0.2, 0.25) is 0 Å². The number of hydrogen-bond donors (Lipinski definition) is 1. The first kappa shape index (κ1) is 20.4. The molecule has 1 atom stereocenters. The Labute approximate surface area is 174 Å². The van der Waals surface area contributed by atoms with E-state index in [1.165, 1.54) is 17.7 Å². The Morgan fingerprint density at radius 1 is 1.03 bits per heavy atom. The number of β-amino-alcohol motifs (C(OH)–C–C–N with tert-alkyl or cyclic N) is 1. The molecule has 0 spiro atoms. The minimum Gasteiger partial charge on any atom is -0.491 e. The molecule has 2 heterocycles. The fourth-order valence-corrected chi connectivity index (χ4v) is 3.63. The number of ether oxygens (including phenoxy) is 3. The normalized spacial score (nSPS) is 17.6. The Morgan fingerprint density at radius 3 is 2.47 bits per heavy atom. The van der Waals surface area contributed by atoms with Gasteiger partial charge in [-0.05, 0) is 29.8 Å². The molecule has 160 valence electrons. The molecule has 1 saturated heterocycles. The van der Waals surface area contributed by atoms with Gasteiger partial charge in [-0.15, -0.1) is 0 Å². The smallest absolute Gasteiger partial charge is 0.269 e. The highest BCUT2D eigenvalue weighted by atomic mass is 16.7. The second kappa shape index (κ2) is 9.29. The van der Waals surface area contributed by atoms with Gasteiger partial charge in [0.25, 0.3) is 5.69 Å². The van der Waals surface area contributed by atoms with Crippen LogP contribution in [0.1, 0.15) is 5.56 Å². The Balaban J connectivity index is 1.17. The van der Waals surface area contributed by atoms with E-state index in [1.54, 1.807) is 12.1 Å². The van der Waals surface area contributed by atoms with Gasteiger partial charge in [-0.1, -0.05) is 6.07 Å². The summed E-state index contributed by atoms with van der Waals surface area (Å²) in [6, 6.07) is 11.9. The van der Waals surface area contributed by atoms with Crippen LogP contribution in [0, 0.1) is 10.1 Å². The maximum absolute atomic E-state index is 10.7. The van der Waals surface area contributed by atoms with E-state index in [1.807, 2.05) is 12.1 Å². The van der Waals surface area contributed by atoms with Crippen molar-refractivity contribution in [1.82, 2.24) is 9.80 Å². The van der Waals surface area contributed by atoms with E-state index >= 15 is 0 Å². The summed E-state index contributed by atoms with van der Waals surface area (Å²) < 4.78 is 16.3. The van der Waals surface area contributed by atoms with Crippen LogP contribution in [-0.2, 0) is 6.54 Å². The molecule has 0 radical (unpaired) electrons. The molecule has 2 aliphatic rings. The van der Waals surface area contributed by atoms with Crippen LogP contribution >= 0.6 is 0 Å². The molecule has 0 aromatic heterocycles. The van der Waals surface area contributed by atoms with Gasteiger partial charge >= 0.3 is 0 Å². The molecular formula is C21H25N3O6. The number of non-ortho nitro benzene ring substituents is 1. The quantitative estimate of drug-likeness (QED) is 0.516. The third-order valence-corrected chi connectivity index (χ3v) is 5.27. The first-order chi connectivity index (χ1) is 14.6. The van der Waals surface area contributed by atoms with Gasteiger partial charge in [0.15, 0.2) is 11.5 Å². The molecule has 1 unspecified atom stereocenters. The van der Waals surface area contributed by atoms with Crippen LogP contribution in [-0.4, -0.2) is 72.1 Å². The second-order valence-corrected chi connectivity index (χ2v) is 7.48. The van der Waals surface area contributed by atoms with Crippen LogP contribution in [0.25, 0.3) is 0 Å². The minimum absolute atomic E-state index is 0.0153. The number of hydrogen-bond acceptors (Lipinski definition) is 8. The summed E-state index contributed by atoms with van der Waals surface area (Å²) in [5.74, 6) is 2.11. The summed E-state index contributed by atoms with van der Waals surface area (Å²) in [7, 11) is 0. The third-order valence-electron chi connectivity index (χ3n) is 5.27. The highest BCUT2D eigenvalue weighted by Crippen LogP contribution is 2.32. The molecule has 2 aliphatic heterocycles. The molecule has 0 bridgehead atoms. The van der Waals surface area contributed by atoms with E-state index in [4.69, 9.17) is 14.2 Å². The molecule has 30 heavy (non-hydrogen) atoms. The lowest BCUT2D eigenvalue weighted by Crippen LogP contribution is -2.48. The van der Waals surface area contributed by atoms with E-state index in [9.17, 15) is 15.2 Å². The summed E-state index contributed by atoms with van der Waals surface area (Å²) in [5, 5.41) is 21.0. The van der Waals surface area contributed by atoms with Gasteiger partial charge in [-0.3, -0.25) is 19.9 Å². The molecule has 0 aliphatic carbocycles. The fourth-order valence-electron chi connectivity index (χ4n) is 3.63. The number of nitrogens with zero attached hydrogens (tertiary/aromatic N) is 3. The maximum atomic E-state index is 10.7. The zero-order chi connectivity index (χ0) is 20.9. The zero-order valence-electron chi connectivity index (χ0n) is 16.6. The van der Waals surface area contributed by atoms with Crippen LogP contribution in [0.15, 0.2) is 42.5 Å². The van der Waals surface area contributed by atoms with Crippen molar-refractivity contribution < 1.29 is 24.2 Å². The SMILES string of the molecule is O=[N+]([O-])c1ccc(OCC(O)CN2CCN(Cc3ccc4c(c3)OCO4)CC2)cc1. The molecular weight excluding hydrogens is 390 g/mol. The van der Waals surface area contributed by atoms with E-state index in [-0.39, 0.29) is 19.1 Å². The van der Waals surface area contributed by atoms with Crippen LogP contribution < -0.4 is 14.2 Å². The molecule has 0 saturated carbocycles. The Morgan fingerprint density at radius 2 is 1.73 bits per heavy atom. The molecule has 0 amide bonds. The lowest BCUT2D eigenvalue weighted by Gasteiger charge is -2.35. The molecule has 2 aromatic rings. The molecule has 9 nitrogen and oxygen atoms in total. The van der Waals surface area contributed by atoms with Crippen molar-refractivity contribution in [1.29, 1.82) is 0 Å². The summed E-state index contributed by atoms with van der Waals surface area (Å²) in [6.45, 7) is 5.41. The van der Waals surface area contributed by atoms with E-state index in [0.717, 1.165) is 44.2 Å². The van der Waals surface area contributed by atoms with Crippen molar-refractivity contribution in [3.8, 4) is 17.2 Å². The fraction of sp³-hybridized carbons (Fsp3) is 0.429. The standard InChI is InChI=1S/C21H25N3O6/c25-18(14-28-19-4-2-17(3-5-19)24(26)27)13-23-9-7-22(8-10-23)12-16-1-6-20-21(11-16)30-15-29-20/h1-6,11,18,25H,7-10,12-15H2. The third kappa shape index (κ3) is 5.18.